The number of hydrogen-bond acceptors (Lipinski definition) is 4. The summed E-state index contributed by atoms with van der Waals surface area (Å²) < 4.78 is 0. The van der Waals surface area contributed by atoms with E-state index >= 15 is 0 Å². The van der Waals surface area contributed by atoms with E-state index in [4.69, 9.17) is 0 Å². The van der Waals surface area contributed by atoms with Crippen LogP contribution in [0.15, 0.2) is 18.2 Å². The van der Waals surface area contributed by atoms with E-state index in [1.54, 1.807) is 0 Å². The molecule has 0 bridgehead atoms. The number of nitrogens with one attached hydrogen (secondary N) is 2. The SMILES string of the molecule is CCC1CCCNC1CNC(=O)c1cc(O)ccc1O. The van der Waals surface area contributed by atoms with Crippen LogP contribution in [0, 0.1) is 5.92 Å². The average molecular weight is 278 g/mol. The standard InChI is InChI=1S/C15H22N2O3/c1-2-10-4-3-7-16-13(10)9-17-15(20)12-8-11(18)5-6-14(12)19/h5-6,8,10,13,16,18-19H,2-4,7,9H2,1H3,(H,17,20). The maximum Gasteiger partial charge on any atom is 0.255 e. The Kier molecular flexibility index (Phi) is 4.84. The normalized spacial score (nSPS) is 22.4. The van der Waals surface area contributed by atoms with Gasteiger partial charge in [-0.05, 0) is 43.5 Å². The molecule has 5 nitrogen and oxygen atoms in total. The third-order valence-corrected chi connectivity index (χ3v) is 3.96. The molecule has 1 saturated heterocycles. The number of aromatic hydroxyl groups is 2. The van der Waals surface area contributed by atoms with E-state index in [9.17, 15) is 15.0 Å². The molecule has 1 aromatic rings. The molecular formula is C15H22N2O3. The lowest BCUT2D eigenvalue weighted by Crippen LogP contribution is -2.48. The Morgan fingerprint density at radius 3 is 3.00 bits per heavy atom. The fourth-order valence-electron chi connectivity index (χ4n) is 2.75. The van der Waals surface area contributed by atoms with E-state index in [1.165, 1.54) is 31.0 Å². The predicted octanol–water partition coefficient (Wildman–Crippen LogP) is 1.61. The number of phenolic OH excluding ortho intramolecular Hbond substituents is 2. The zero-order valence-corrected chi connectivity index (χ0v) is 11.7. The summed E-state index contributed by atoms with van der Waals surface area (Å²) in [7, 11) is 0. The van der Waals surface area contributed by atoms with Gasteiger partial charge in [-0.3, -0.25) is 4.79 Å². The molecule has 0 aliphatic carbocycles. The summed E-state index contributed by atoms with van der Waals surface area (Å²) in [5.74, 6) is 0.0570. The van der Waals surface area contributed by atoms with Crippen molar-refractivity contribution in [2.45, 2.75) is 32.2 Å². The molecule has 2 atom stereocenters. The monoisotopic (exact) mass is 278 g/mol. The molecule has 0 aromatic heterocycles. The maximum atomic E-state index is 12.0. The molecule has 2 rings (SSSR count). The van der Waals surface area contributed by atoms with Crippen molar-refractivity contribution in [3.05, 3.63) is 23.8 Å². The number of amides is 1. The molecule has 1 aliphatic rings. The zero-order chi connectivity index (χ0) is 14.5. The van der Waals surface area contributed by atoms with E-state index < -0.39 is 0 Å². The van der Waals surface area contributed by atoms with Crippen LogP contribution < -0.4 is 10.6 Å². The van der Waals surface area contributed by atoms with Gasteiger partial charge >= 0.3 is 0 Å². The molecule has 20 heavy (non-hydrogen) atoms. The van der Waals surface area contributed by atoms with Gasteiger partial charge in [0.2, 0.25) is 0 Å². The van der Waals surface area contributed by atoms with Gasteiger partial charge in [0, 0.05) is 12.6 Å². The van der Waals surface area contributed by atoms with Gasteiger partial charge in [0.05, 0.1) is 5.56 Å². The number of rotatable bonds is 4. The molecule has 1 aromatic carbocycles. The number of hydrogen-bond donors (Lipinski definition) is 4. The van der Waals surface area contributed by atoms with Gasteiger partial charge in [-0.2, -0.15) is 0 Å². The molecule has 1 fully saturated rings. The summed E-state index contributed by atoms with van der Waals surface area (Å²) in [5, 5.41) is 25.3. The Morgan fingerprint density at radius 2 is 2.25 bits per heavy atom. The summed E-state index contributed by atoms with van der Waals surface area (Å²) in [6.45, 7) is 3.67. The largest absolute Gasteiger partial charge is 0.508 e. The fourth-order valence-corrected chi connectivity index (χ4v) is 2.75. The molecule has 1 amide bonds. The lowest BCUT2D eigenvalue weighted by molar-refractivity contribution is 0.0939. The predicted molar refractivity (Wildman–Crippen MR) is 76.9 cm³/mol. The van der Waals surface area contributed by atoms with Crippen molar-refractivity contribution in [3.63, 3.8) is 0 Å². The van der Waals surface area contributed by atoms with Gasteiger partial charge in [-0.25, -0.2) is 0 Å². The molecular weight excluding hydrogens is 256 g/mol. The van der Waals surface area contributed by atoms with E-state index in [0.717, 1.165) is 13.0 Å². The van der Waals surface area contributed by atoms with Gasteiger partial charge < -0.3 is 20.8 Å². The van der Waals surface area contributed by atoms with Crippen LogP contribution in [0.1, 0.15) is 36.5 Å². The smallest absolute Gasteiger partial charge is 0.255 e. The minimum Gasteiger partial charge on any atom is -0.508 e. The van der Waals surface area contributed by atoms with Crippen molar-refractivity contribution in [2.24, 2.45) is 5.92 Å². The Bertz CT molecular complexity index is 476. The van der Waals surface area contributed by atoms with Crippen molar-refractivity contribution < 1.29 is 15.0 Å². The zero-order valence-electron chi connectivity index (χ0n) is 11.7. The maximum absolute atomic E-state index is 12.0. The minimum absolute atomic E-state index is 0.0322. The van der Waals surface area contributed by atoms with Crippen LogP contribution in [0.4, 0.5) is 0 Å². The lowest BCUT2D eigenvalue weighted by Gasteiger charge is -2.32. The molecule has 0 radical (unpaired) electrons. The second-order valence-corrected chi connectivity index (χ2v) is 5.28. The number of carbonyl (C=O) groups is 1. The molecule has 4 N–H and O–H groups in total. The van der Waals surface area contributed by atoms with Crippen molar-refractivity contribution in [1.82, 2.24) is 10.6 Å². The lowest BCUT2D eigenvalue weighted by atomic mass is 9.88. The van der Waals surface area contributed by atoms with Gasteiger partial charge in [0.1, 0.15) is 11.5 Å². The third-order valence-electron chi connectivity index (χ3n) is 3.96. The molecule has 1 aliphatic heterocycles. The number of carbonyl (C=O) groups excluding carboxylic acids is 1. The first-order valence-electron chi connectivity index (χ1n) is 7.15. The Morgan fingerprint density at radius 1 is 1.45 bits per heavy atom. The molecule has 0 spiro atoms. The third kappa shape index (κ3) is 3.42. The van der Waals surface area contributed by atoms with Crippen LogP contribution in [-0.2, 0) is 0 Å². The van der Waals surface area contributed by atoms with Crippen LogP contribution in [0.25, 0.3) is 0 Å². The van der Waals surface area contributed by atoms with Crippen molar-refractivity contribution in [2.75, 3.05) is 13.1 Å². The second kappa shape index (κ2) is 6.61. The van der Waals surface area contributed by atoms with Gasteiger partial charge in [-0.1, -0.05) is 13.3 Å². The van der Waals surface area contributed by atoms with Crippen molar-refractivity contribution in [3.8, 4) is 11.5 Å². The molecule has 0 saturated carbocycles. The first-order chi connectivity index (χ1) is 9.61. The van der Waals surface area contributed by atoms with Crippen LogP contribution >= 0.6 is 0 Å². The van der Waals surface area contributed by atoms with E-state index in [0.29, 0.717) is 12.5 Å². The second-order valence-electron chi connectivity index (χ2n) is 5.28. The summed E-state index contributed by atoms with van der Waals surface area (Å²) in [5.41, 5.74) is 0.105. The highest BCUT2D eigenvalue weighted by atomic mass is 16.3. The number of piperidine rings is 1. The minimum atomic E-state index is -0.361. The highest BCUT2D eigenvalue weighted by Gasteiger charge is 2.24. The van der Waals surface area contributed by atoms with Gasteiger partial charge in [-0.15, -0.1) is 0 Å². The van der Waals surface area contributed by atoms with Crippen molar-refractivity contribution >= 4 is 5.91 Å². The van der Waals surface area contributed by atoms with Gasteiger partial charge in [0.15, 0.2) is 0 Å². The van der Waals surface area contributed by atoms with E-state index in [1.807, 2.05) is 0 Å². The highest BCUT2D eigenvalue weighted by Crippen LogP contribution is 2.22. The number of benzene rings is 1. The van der Waals surface area contributed by atoms with Gasteiger partial charge in [0.25, 0.3) is 5.91 Å². The van der Waals surface area contributed by atoms with Crippen LogP contribution in [0.2, 0.25) is 0 Å². The summed E-state index contributed by atoms with van der Waals surface area (Å²) in [6, 6.07) is 4.22. The van der Waals surface area contributed by atoms with Crippen LogP contribution in [0.5, 0.6) is 11.5 Å². The average Bonchev–Trinajstić information content (AvgIpc) is 2.47. The quantitative estimate of drug-likeness (QED) is 0.631. The highest BCUT2D eigenvalue weighted by molar-refractivity contribution is 5.97. The van der Waals surface area contributed by atoms with Crippen LogP contribution in [-0.4, -0.2) is 35.3 Å². The Labute approximate surface area is 119 Å². The molecule has 1 heterocycles. The molecule has 110 valence electrons. The van der Waals surface area contributed by atoms with Crippen LogP contribution in [0.3, 0.4) is 0 Å². The first kappa shape index (κ1) is 14.7. The Hall–Kier alpha value is -1.75. The van der Waals surface area contributed by atoms with E-state index in [-0.39, 0.29) is 29.0 Å². The summed E-state index contributed by atoms with van der Waals surface area (Å²) in [6.07, 6.45) is 3.45. The fraction of sp³-hybridized carbons (Fsp3) is 0.533. The summed E-state index contributed by atoms with van der Waals surface area (Å²) >= 11 is 0. The molecule has 5 heteroatoms. The topological polar surface area (TPSA) is 81.6 Å². The number of phenols is 2. The first-order valence-corrected chi connectivity index (χ1v) is 7.15. The molecule has 2 unspecified atom stereocenters. The van der Waals surface area contributed by atoms with E-state index in [2.05, 4.69) is 17.6 Å². The van der Waals surface area contributed by atoms with Crippen molar-refractivity contribution in [1.29, 1.82) is 0 Å². The summed E-state index contributed by atoms with van der Waals surface area (Å²) in [4.78, 5) is 12.0. The Balaban J connectivity index is 1.96.